The number of hydrogen-bond donors (Lipinski definition) is 1. The number of pyridine rings is 1. The number of morpholine rings is 1. The molecule has 0 radical (unpaired) electrons. The Hall–Kier alpha value is -2.07. The maximum Gasteiger partial charge on any atom is 0.293 e. The first-order valence-corrected chi connectivity index (χ1v) is 11.7. The number of aromatic nitrogens is 2. The van der Waals surface area contributed by atoms with Crippen LogP contribution in [-0.4, -0.2) is 53.1 Å². The lowest BCUT2D eigenvalue weighted by Gasteiger charge is -2.40. The van der Waals surface area contributed by atoms with Crippen LogP contribution in [0.5, 0.6) is 0 Å². The highest BCUT2D eigenvalue weighted by Crippen LogP contribution is 2.38. The molecule has 0 saturated carbocycles. The summed E-state index contributed by atoms with van der Waals surface area (Å²) in [7, 11) is 0. The highest BCUT2D eigenvalue weighted by Gasteiger charge is 2.37. The molecule has 1 amide bonds. The van der Waals surface area contributed by atoms with Crippen LogP contribution in [0.15, 0.2) is 27.3 Å². The first-order valence-electron chi connectivity index (χ1n) is 10.2. The van der Waals surface area contributed by atoms with E-state index in [1.165, 1.54) is 0 Å². The van der Waals surface area contributed by atoms with Crippen LogP contribution in [-0.2, 0) is 16.0 Å². The Kier molecular flexibility index (Phi) is 5.69. The molecule has 0 aliphatic carbocycles. The van der Waals surface area contributed by atoms with Gasteiger partial charge in [0.05, 0.1) is 25.4 Å². The van der Waals surface area contributed by atoms with Crippen LogP contribution >= 0.6 is 39.1 Å². The third kappa shape index (κ3) is 3.71. The van der Waals surface area contributed by atoms with Crippen LogP contribution < -0.4 is 10.6 Å². The molecule has 5 rings (SSSR count). The molecule has 0 bridgehead atoms. The molecule has 1 aromatic carbocycles. The van der Waals surface area contributed by atoms with Gasteiger partial charge in [0.15, 0.2) is 11.7 Å². The van der Waals surface area contributed by atoms with Crippen molar-refractivity contribution in [3.05, 3.63) is 44.1 Å². The van der Waals surface area contributed by atoms with E-state index in [-0.39, 0.29) is 18.0 Å². The van der Waals surface area contributed by atoms with Crippen molar-refractivity contribution in [2.45, 2.75) is 25.5 Å². The van der Waals surface area contributed by atoms with Crippen molar-refractivity contribution < 1.29 is 13.9 Å². The largest absolute Gasteiger partial charge is 0.421 e. The van der Waals surface area contributed by atoms with Gasteiger partial charge >= 0.3 is 0 Å². The van der Waals surface area contributed by atoms with Crippen molar-refractivity contribution in [3.8, 4) is 0 Å². The molecule has 0 unspecified atom stereocenters. The predicted molar refractivity (Wildman–Crippen MR) is 126 cm³/mol. The van der Waals surface area contributed by atoms with E-state index < -0.39 is 6.10 Å². The molecule has 2 aliphatic heterocycles. The molecule has 2 aliphatic rings. The summed E-state index contributed by atoms with van der Waals surface area (Å²) in [5.74, 6) is -0.0767. The summed E-state index contributed by atoms with van der Waals surface area (Å²) in [4.78, 5) is 25.9. The number of carbonyl (C=O) groups is 1. The lowest BCUT2D eigenvalue weighted by atomic mass is 9.93. The van der Waals surface area contributed by atoms with Gasteiger partial charge in [-0.3, -0.25) is 4.79 Å². The topological polar surface area (TPSA) is 97.7 Å². The summed E-state index contributed by atoms with van der Waals surface area (Å²) in [5, 5.41) is 1.18. The van der Waals surface area contributed by atoms with E-state index in [1.807, 2.05) is 22.8 Å². The molecule has 32 heavy (non-hydrogen) atoms. The van der Waals surface area contributed by atoms with E-state index >= 15 is 0 Å². The van der Waals surface area contributed by atoms with Gasteiger partial charge in [-0.05, 0) is 52.5 Å². The minimum atomic E-state index is -0.638. The molecule has 1 fully saturated rings. The number of amides is 1. The fourth-order valence-corrected chi connectivity index (χ4v) is 5.77. The smallest absolute Gasteiger partial charge is 0.293 e. The molecule has 4 heterocycles. The number of benzene rings is 1. The number of nitrogens with zero attached hydrogens (tertiary/aromatic N) is 4. The Morgan fingerprint density at radius 2 is 2.12 bits per heavy atom. The van der Waals surface area contributed by atoms with Gasteiger partial charge in [-0.15, -0.1) is 0 Å². The van der Waals surface area contributed by atoms with Gasteiger partial charge in [-0.2, -0.15) is 4.98 Å². The second-order valence-electron chi connectivity index (χ2n) is 7.89. The number of nitrogens with two attached hydrogens (primary N) is 1. The van der Waals surface area contributed by atoms with Crippen LogP contribution in [0.25, 0.3) is 11.1 Å². The molecule has 2 aromatic heterocycles. The number of rotatable bonds is 2. The van der Waals surface area contributed by atoms with Gasteiger partial charge in [0.2, 0.25) is 0 Å². The minimum Gasteiger partial charge on any atom is -0.421 e. The maximum absolute atomic E-state index is 13.5. The zero-order valence-corrected chi connectivity index (χ0v) is 20.2. The SMILES string of the molecule is C[C@H]1c2c(Cl)cc(Cl)cc2CCN1C(=O)[C@H]1CN(c2c(Br)ncc3nc(N)oc23)CCO1. The lowest BCUT2D eigenvalue weighted by molar-refractivity contribution is -0.147. The monoisotopic (exact) mass is 539 g/mol. The number of halogens is 3. The number of nitrogen functional groups attached to an aromatic ring is 1. The van der Waals surface area contributed by atoms with Crippen molar-refractivity contribution in [3.63, 3.8) is 0 Å². The van der Waals surface area contributed by atoms with Gasteiger partial charge in [-0.1, -0.05) is 23.2 Å². The van der Waals surface area contributed by atoms with Crippen molar-refractivity contribution in [1.82, 2.24) is 14.9 Å². The summed E-state index contributed by atoms with van der Waals surface area (Å²) in [6.07, 6.45) is 1.64. The van der Waals surface area contributed by atoms with Crippen LogP contribution in [0.2, 0.25) is 10.0 Å². The standard InChI is InChI=1S/C21H20BrCl2N5O3/c1-10-16-11(6-12(23)7-13(16)24)2-3-29(10)20(30)15-9-28(4-5-31-15)17-18-14(8-26-19(17)22)27-21(25)32-18/h6-8,10,15H,2-5,9H2,1H3,(H2,25,27)/t10-,15+/m0/s1. The third-order valence-electron chi connectivity index (χ3n) is 6.01. The van der Waals surface area contributed by atoms with E-state index in [1.54, 1.807) is 12.3 Å². The minimum absolute atomic E-state index is 0.0693. The lowest BCUT2D eigenvalue weighted by Crippen LogP contribution is -2.53. The van der Waals surface area contributed by atoms with E-state index in [0.717, 1.165) is 11.1 Å². The summed E-state index contributed by atoms with van der Waals surface area (Å²) in [6.45, 7) is 3.87. The normalized spacial score (nSPS) is 21.1. The fourth-order valence-electron chi connectivity index (χ4n) is 4.54. The number of ether oxygens (including phenoxy) is 1. The molecule has 11 heteroatoms. The van der Waals surface area contributed by atoms with E-state index in [2.05, 4.69) is 25.9 Å². The first kappa shape index (κ1) is 21.8. The molecule has 168 valence electrons. The van der Waals surface area contributed by atoms with Gasteiger partial charge in [0.1, 0.15) is 15.8 Å². The zero-order chi connectivity index (χ0) is 22.6. The number of carbonyl (C=O) groups excluding carboxylic acids is 1. The van der Waals surface area contributed by atoms with Crippen molar-refractivity contribution in [2.75, 3.05) is 36.9 Å². The van der Waals surface area contributed by atoms with Crippen LogP contribution in [0.3, 0.4) is 0 Å². The summed E-state index contributed by atoms with van der Waals surface area (Å²) in [5.41, 5.74) is 9.56. The second-order valence-corrected chi connectivity index (χ2v) is 9.48. The number of hydrogen-bond acceptors (Lipinski definition) is 7. The van der Waals surface area contributed by atoms with Gasteiger partial charge in [-0.25, -0.2) is 4.98 Å². The Morgan fingerprint density at radius 3 is 2.94 bits per heavy atom. The molecule has 2 atom stereocenters. The molecule has 3 aromatic rings. The Morgan fingerprint density at radius 1 is 1.31 bits per heavy atom. The van der Waals surface area contributed by atoms with E-state index in [0.29, 0.717) is 64.1 Å². The average molecular weight is 541 g/mol. The van der Waals surface area contributed by atoms with Gasteiger partial charge < -0.3 is 24.7 Å². The summed E-state index contributed by atoms with van der Waals surface area (Å²) >= 11 is 16.1. The molecule has 8 nitrogen and oxygen atoms in total. The van der Waals surface area contributed by atoms with E-state index in [4.69, 9.17) is 38.1 Å². The molecule has 1 saturated heterocycles. The quantitative estimate of drug-likeness (QED) is 0.486. The molecular formula is C21H20BrCl2N5O3. The van der Waals surface area contributed by atoms with Crippen molar-refractivity contribution in [1.29, 1.82) is 0 Å². The van der Waals surface area contributed by atoms with Crippen LogP contribution in [0, 0.1) is 0 Å². The summed E-state index contributed by atoms with van der Waals surface area (Å²) in [6, 6.07) is 3.54. The highest BCUT2D eigenvalue weighted by atomic mass is 79.9. The Balaban J connectivity index is 1.41. The average Bonchev–Trinajstić information content (AvgIpc) is 3.13. The molecule has 0 spiro atoms. The van der Waals surface area contributed by atoms with Gasteiger partial charge in [0, 0.05) is 23.1 Å². The van der Waals surface area contributed by atoms with Gasteiger partial charge in [0.25, 0.3) is 11.9 Å². The van der Waals surface area contributed by atoms with E-state index in [9.17, 15) is 4.79 Å². The predicted octanol–water partition coefficient (Wildman–Crippen LogP) is 4.23. The number of oxazole rings is 1. The Labute approximate surface area is 202 Å². The molecular weight excluding hydrogens is 521 g/mol. The summed E-state index contributed by atoms with van der Waals surface area (Å²) < 4.78 is 12.1. The zero-order valence-electron chi connectivity index (χ0n) is 17.1. The first-order chi connectivity index (χ1) is 15.3. The number of fused-ring (bicyclic) bond motifs is 2. The second kappa shape index (κ2) is 8.37. The third-order valence-corrected chi connectivity index (χ3v) is 7.12. The van der Waals surface area contributed by atoms with Crippen LogP contribution in [0.1, 0.15) is 24.1 Å². The maximum atomic E-state index is 13.5. The fraction of sp³-hybridized carbons (Fsp3) is 0.381. The van der Waals surface area contributed by atoms with Crippen molar-refractivity contribution >= 4 is 67.8 Å². The molecule has 2 N–H and O–H groups in total. The highest BCUT2D eigenvalue weighted by molar-refractivity contribution is 9.10. The number of anilines is 2. The Bertz CT molecular complexity index is 1220. The van der Waals surface area contributed by atoms with Crippen LogP contribution in [0.4, 0.5) is 11.7 Å². The van der Waals surface area contributed by atoms with Crippen molar-refractivity contribution in [2.24, 2.45) is 0 Å².